The van der Waals surface area contributed by atoms with Crippen molar-refractivity contribution in [3.05, 3.63) is 22.5 Å². The second-order valence-electron chi connectivity index (χ2n) is 5.85. The van der Waals surface area contributed by atoms with E-state index >= 15 is 0 Å². The van der Waals surface area contributed by atoms with Gasteiger partial charge in [-0.05, 0) is 32.8 Å². The molecule has 0 saturated heterocycles. The van der Waals surface area contributed by atoms with Gasteiger partial charge in [-0.2, -0.15) is 0 Å². The molecule has 0 unspecified atom stereocenters. The summed E-state index contributed by atoms with van der Waals surface area (Å²) < 4.78 is 23.5. The molecule has 1 rings (SSSR count). The summed E-state index contributed by atoms with van der Waals surface area (Å²) >= 11 is 0. The summed E-state index contributed by atoms with van der Waals surface area (Å²) in [5.41, 5.74) is 2.29. The Morgan fingerprint density at radius 1 is 1.26 bits per heavy atom. The second-order valence-corrected chi connectivity index (χ2v) is 8.25. The molecule has 1 aromatic rings. The minimum absolute atomic E-state index is 0.0513. The van der Waals surface area contributed by atoms with E-state index < -0.39 is 15.9 Å². The number of ketones is 1. The second kappa shape index (κ2) is 7.29. The number of hydrogen-bond acceptors (Lipinski definition) is 4. The van der Waals surface area contributed by atoms with Crippen LogP contribution in [-0.4, -0.2) is 54.6 Å². The number of H-pyrrole nitrogens is 1. The lowest BCUT2D eigenvalue weighted by molar-refractivity contribution is 0.0750. The number of Topliss-reactive ketones (excluding diaryl/α,β-unsaturated/α-hetero) is 1. The van der Waals surface area contributed by atoms with Crippen molar-refractivity contribution >= 4 is 21.5 Å². The third-order valence-electron chi connectivity index (χ3n) is 4.13. The first-order chi connectivity index (χ1) is 10.6. The highest BCUT2D eigenvalue weighted by molar-refractivity contribution is 7.91. The topological polar surface area (TPSA) is 87.3 Å². The zero-order valence-electron chi connectivity index (χ0n) is 14.7. The van der Waals surface area contributed by atoms with Crippen LogP contribution in [0.2, 0.25) is 0 Å². The van der Waals surface area contributed by atoms with Crippen LogP contribution in [0.4, 0.5) is 0 Å². The molecule has 0 bridgehead atoms. The summed E-state index contributed by atoms with van der Waals surface area (Å²) in [6.07, 6.45) is 0.551. The van der Waals surface area contributed by atoms with Gasteiger partial charge in [0.15, 0.2) is 15.6 Å². The molecular formula is C16H26N2O4S. The summed E-state index contributed by atoms with van der Waals surface area (Å²) in [6.45, 7) is 8.42. The highest BCUT2D eigenvalue weighted by Crippen LogP contribution is 2.22. The monoisotopic (exact) mass is 342 g/mol. The number of carbonyl (C=O) groups excluding carboxylic acids is 2. The maximum atomic E-state index is 12.7. The van der Waals surface area contributed by atoms with Crippen molar-refractivity contribution in [2.45, 2.75) is 47.1 Å². The lowest BCUT2D eigenvalue weighted by Crippen LogP contribution is -2.40. The molecule has 1 aromatic heterocycles. The van der Waals surface area contributed by atoms with Gasteiger partial charge in [-0.15, -0.1) is 0 Å². The number of aryl methyl sites for hydroxylation is 1. The van der Waals surface area contributed by atoms with Gasteiger partial charge in [-0.25, -0.2) is 8.42 Å². The minimum atomic E-state index is -3.17. The smallest absolute Gasteiger partial charge is 0.270 e. The van der Waals surface area contributed by atoms with Gasteiger partial charge in [0.2, 0.25) is 0 Å². The summed E-state index contributed by atoms with van der Waals surface area (Å²) in [6, 6.07) is -0.443. The summed E-state index contributed by atoms with van der Waals surface area (Å²) in [4.78, 5) is 28.9. The van der Waals surface area contributed by atoms with E-state index in [9.17, 15) is 18.0 Å². The number of aromatic amines is 1. The van der Waals surface area contributed by atoms with Crippen molar-refractivity contribution in [3.63, 3.8) is 0 Å². The minimum Gasteiger partial charge on any atom is -0.354 e. The Balaban J connectivity index is 3.15. The summed E-state index contributed by atoms with van der Waals surface area (Å²) in [7, 11) is -1.59. The maximum Gasteiger partial charge on any atom is 0.270 e. The van der Waals surface area contributed by atoms with Gasteiger partial charge in [0, 0.05) is 30.1 Å². The van der Waals surface area contributed by atoms with E-state index in [0.717, 1.165) is 0 Å². The van der Waals surface area contributed by atoms with Crippen LogP contribution in [0.25, 0.3) is 0 Å². The molecule has 23 heavy (non-hydrogen) atoms. The molecule has 0 aliphatic heterocycles. The largest absolute Gasteiger partial charge is 0.354 e. The Bertz CT molecular complexity index is 704. The molecule has 0 fully saturated rings. The lowest BCUT2D eigenvalue weighted by atomic mass is 10.0. The number of aromatic nitrogens is 1. The molecule has 0 saturated carbocycles. The summed E-state index contributed by atoms with van der Waals surface area (Å²) in [5.74, 6) is -0.405. The van der Waals surface area contributed by atoms with Crippen molar-refractivity contribution in [1.82, 2.24) is 9.88 Å². The fraction of sp³-hybridized carbons (Fsp3) is 0.625. The van der Waals surface area contributed by atoms with E-state index in [1.54, 1.807) is 27.8 Å². The van der Waals surface area contributed by atoms with Gasteiger partial charge in [0.1, 0.15) is 5.69 Å². The standard InChI is InChI=1S/C16H26N2O4S/c1-7-13-14(12(5)19)11(4)17-15(13)16(20)18(6)10(3)9-23(21,22)8-2/h10,17H,7-9H2,1-6H3/t10-/m1/s1. The van der Waals surface area contributed by atoms with Gasteiger partial charge < -0.3 is 9.88 Å². The molecule has 1 heterocycles. The number of carbonyl (C=O) groups is 2. The van der Waals surface area contributed by atoms with E-state index in [-0.39, 0.29) is 23.2 Å². The first kappa shape index (κ1) is 19.4. The van der Waals surface area contributed by atoms with E-state index in [0.29, 0.717) is 28.9 Å². The van der Waals surface area contributed by atoms with E-state index in [2.05, 4.69) is 4.98 Å². The Hall–Kier alpha value is -1.63. The predicted octanol–water partition coefficient (Wildman–Crippen LogP) is 1.98. The fourth-order valence-corrected chi connectivity index (χ4v) is 3.86. The van der Waals surface area contributed by atoms with Crippen molar-refractivity contribution in [2.75, 3.05) is 18.6 Å². The number of amides is 1. The van der Waals surface area contributed by atoms with Crippen molar-refractivity contribution < 1.29 is 18.0 Å². The quantitative estimate of drug-likeness (QED) is 0.768. The van der Waals surface area contributed by atoms with Crippen LogP contribution < -0.4 is 0 Å². The molecule has 0 aliphatic carbocycles. The van der Waals surface area contributed by atoms with Gasteiger partial charge in [-0.3, -0.25) is 9.59 Å². The molecular weight excluding hydrogens is 316 g/mol. The van der Waals surface area contributed by atoms with E-state index in [1.807, 2.05) is 6.92 Å². The third-order valence-corrected chi connectivity index (χ3v) is 6.00. The van der Waals surface area contributed by atoms with Crippen molar-refractivity contribution in [3.8, 4) is 0 Å². The number of sulfone groups is 1. The number of nitrogens with one attached hydrogen (secondary N) is 1. The Morgan fingerprint density at radius 2 is 1.83 bits per heavy atom. The van der Waals surface area contributed by atoms with Crippen LogP contribution >= 0.6 is 0 Å². The predicted molar refractivity (Wildman–Crippen MR) is 90.8 cm³/mol. The van der Waals surface area contributed by atoms with Crippen molar-refractivity contribution in [2.24, 2.45) is 0 Å². The van der Waals surface area contributed by atoms with Crippen LogP contribution in [0.1, 0.15) is 59.8 Å². The SMILES string of the molecule is CCc1c(C(=O)N(C)[C@H](C)CS(=O)(=O)CC)[nH]c(C)c1C(C)=O. The van der Waals surface area contributed by atoms with Crippen LogP contribution in [0.3, 0.4) is 0 Å². The van der Waals surface area contributed by atoms with Crippen LogP contribution in [0.5, 0.6) is 0 Å². The normalized spacial score (nSPS) is 13.0. The number of rotatable bonds is 7. The van der Waals surface area contributed by atoms with Crippen LogP contribution in [0.15, 0.2) is 0 Å². The average molecular weight is 342 g/mol. The molecule has 0 aromatic carbocycles. The van der Waals surface area contributed by atoms with E-state index in [4.69, 9.17) is 0 Å². The fourth-order valence-electron chi connectivity index (χ4n) is 2.66. The number of nitrogens with zero attached hydrogens (tertiary/aromatic N) is 1. The molecule has 0 spiro atoms. The molecule has 1 N–H and O–H groups in total. The summed E-state index contributed by atoms with van der Waals surface area (Å²) in [5, 5.41) is 0. The molecule has 6 nitrogen and oxygen atoms in total. The Kier molecular flexibility index (Phi) is 6.16. The molecule has 1 atom stereocenters. The molecule has 130 valence electrons. The van der Waals surface area contributed by atoms with E-state index in [1.165, 1.54) is 11.8 Å². The van der Waals surface area contributed by atoms with Gasteiger partial charge in [0.05, 0.1) is 5.75 Å². The zero-order chi connectivity index (χ0) is 17.9. The Labute approximate surface area is 138 Å². The molecule has 1 amide bonds. The first-order valence-electron chi connectivity index (χ1n) is 7.75. The highest BCUT2D eigenvalue weighted by Gasteiger charge is 2.27. The van der Waals surface area contributed by atoms with Crippen LogP contribution in [-0.2, 0) is 16.3 Å². The number of hydrogen-bond donors (Lipinski definition) is 1. The van der Waals surface area contributed by atoms with Crippen molar-refractivity contribution in [1.29, 1.82) is 0 Å². The Morgan fingerprint density at radius 3 is 2.26 bits per heavy atom. The van der Waals surface area contributed by atoms with Gasteiger partial charge in [0.25, 0.3) is 5.91 Å². The van der Waals surface area contributed by atoms with Gasteiger partial charge >= 0.3 is 0 Å². The van der Waals surface area contributed by atoms with Crippen LogP contribution in [0, 0.1) is 6.92 Å². The van der Waals surface area contributed by atoms with Gasteiger partial charge in [-0.1, -0.05) is 13.8 Å². The highest BCUT2D eigenvalue weighted by atomic mass is 32.2. The first-order valence-corrected chi connectivity index (χ1v) is 9.57. The molecule has 0 aliphatic rings. The lowest BCUT2D eigenvalue weighted by Gasteiger charge is -2.24. The third kappa shape index (κ3) is 4.22. The zero-order valence-corrected chi connectivity index (χ0v) is 15.5. The molecule has 7 heteroatoms. The average Bonchev–Trinajstić information content (AvgIpc) is 2.81. The maximum absolute atomic E-state index is 12.7. The molecule has 0 radical (unpaired) electrons.